The standard InChI is InChI=1S/C16H21BrClN/c17-10-12-5-6-16(15(18)9-12)19-8-7-13-3-1-2-4-14(13)11-19/h5-6,9,13-14H,1-4,7-8,10-11H2. The quantitative estimate of drug-likeness (QED) is 0.663. The molecule has 0 amide bonds. The van der Waals surface area contributed by atoms with Gasteiger partial charge in [-0.3, -0.25) is 0 Å². The first kappa shape index (κ1) is 13.8. The number of alkyl halides is 1. The van der Waals surface area contributed by atoms with Crippen LogP contribution in [0.5, 0.6) is 0 Å². The van der Waals surface area contributed by atoms with Crippen LogP contribution in [0.25, 0.3) is 0 Å². The first-order valence-electron chi connectivity index (χ1n) is 7.37. The Labute approximate surface area is 129 Å². The largest absolute Gasteiger partial charge is 0.370 e. The van der Waals surface area contributed by atoms with Crippen molar-refractivity contribution in [2.75, 3.05) is 18.0 Å². The van der Waals surface area contributed by atoms with Crippen molar-refractivity contribution in [1.29, 1.82) is 0 Å². The Morgan fingerprint density at radius 1 is 1.16 bits per heavy atom. The van der Waals surface area contributed by atoms with Crippen molar-refractivity contribution in [1.82, 2.24) is 0 Å². The van der Waals surface area contributed by atoms with Gasteiger partial charge in [-0.2, -0.15) is 0 Å². The topological polar surface area (TPSA) is 3.24 Å². The van der Waals surface area contributed by atoms with Crippen LogP contribution in [0.15, 0.2) is 18.2 Å². The van der Waals surface area contributed by atoms with E-state index in [0.717, 1.165) is 22.2 Å². The lowest BCUT2D eigenvalue weighted by atomic mass is 9.75. The zero-order valence-corrected chi connectivity index (χ0v) is 13.6. The van der Waals surface area contributed by atoms with E-state index in [0.29, 0.717) is 0 Å². The van der Waals surface area contributed by atoms with Gasteiger partial charge in [0, 0.05) is 18.4 Å². The summed E-state index contributed by atoms with van der Waals surface area (Å²) in [4.78, 5) is 2.51. The Hall–Kier alpha value is -0.210. The van der Waals surface area contributed by atoms with Gasteiger partial charge in [-0.1, -0.05) is 52.9 Å². The Kier molecular flexibility index (Phi) is 4.38. The highest BCUT2D eigenvalue weighted by molar-refractivity contribution is 9.08. The molecule has 2 aliphatic rings. The zero-order chi connectivity index (χ0) is 13.2. The third kappa shape index (κ3) is 2.95. The van der Waals surface area contributed by atoms with E-state index in [1.807, 2.05) is 0 Å². The van der Waals surface area contributed by atoms with Crippen LogP contribution in [-0.4, -0.2) is 13.1 Å². The molecule has 2 atom stereocenters. The molecule has 3 heteroatoms. The smallest absolute Gasteiger partial charge is 0.0642 e. The molecule has 0 bridgehead atoms. The third-order valence-corrected chi connectivity index (χ3v) is 5.75. The predicted octanol–water partition coefficient (Wildman–Crippen LogP) is 5.25. The number of nitrogens with zero attached hydrogens (tertiary/aromatic N) is 1. The Balaban J connectivity index is 1.75. The summed E-state index contributed by atoms with van der Waals surface area (Å²) in [6, 6.07) is 6.48. The summed E-state index contributed by atoms with van der Waals surface area (Å²) in [7, 11) is 0. The molecule has 0 radical (unpaired) electrons. The van der Waals surface area contributed by atoms with Gasteiger partial charge in [0.05, 0.1) is 10.7 Å². The van der Waals surface area contributed by atoms with Crippen molar-refractivity contribution in [2.45, 2.75) is 37.4 Å². The second-order valence-electron chi connectivity index (χ2n) is 5.96. The summed E-state index contributed by atoms with van der Waals surface area (Å²) < 4.78 is 0. The molecule has 1 aliphatic carbocycles. The second kappa shape index (κ2) is 6.05. The van der Waals surface area contributed by atoms with Crippen LogP contribution in [0, 0.1) is 11.8 Å². The lowest BCUT2D eigenvalue weighted by Gasteiger charge is -2.42. The van der Waals surface area contributed by atoms with E-state index in [2.05, 4.69) is 39.0 Å². The molecule has 2 fully saturated rings. The van der Waals surface area contributed by atoms with Crippen molar-refractivity contribution in [2.24, 2.45) is 11.8 Å². The fraction of sp³-hybridized carbons (Fsp3) is 0.625. The normalized spacial score (nSPS) is 27.2. The molecule has 0 spiro atoms. The SMILES string of the molecule is Clc1cc(CBr)ccc1N1CCC2CCCCC2C1. The highest BCUT2D eigenvalue weighted by Crippen LogP contribution is 2.39. The highest BCUT2D eigenvalue weighted by atomic mass is 79.9. The van der Waals surface area contributed by atoms with Crippen LogP contribution in [0.2, 0.25) is 5.02 Å². The number of halogens is 2. The number of hydrogen-bond acceptors (Lipinski definition) is 1. The monoisotopic (exact) mass is 341 g/mol. The first-order valence-corrected chi connectivity index (χ1v) is 8.87. The molecule has 19 heavy (non-hydrogen) atoms. The maximum atomic E-state index is 6.45. The molecular weight excluding hydrogens is 322 g/mol. The van der Waals surface area contributed by atoms with Gasteiger partial charge < -0.3 is 4.90 Å². The third-order valence-electron chi connectivity index (χ3n) is 4.80. The summed E-state index contributed by atoms with van der Waals surface area (Å²) in [5, 5.41) is 1.78. The Morgan fingerprint density at radius 3 is 2.68 bits per heavy atom. The van der Waals surface area contributed by atoms with Crippen LogP contribution in [-0.2, 0) is 5.33 Å². The zero-order valence-electron chi connectivity index (χ0n) is 11.2. The lowest BCUT2D eigenvalue weighted by Crippen LogP contribution is -2.41. The summed E-state index contributed by atoms with van der Waals surface area (Å²) in [5.74, 6) is 1.88. The summed E-state index contributed by atoms with van der Waals surface area (Å²) in [6.07, 6.45) is 7.08. The molecule has 1 saturated heterocycles. The highest BCUT2D eigenvalue weighted by Gasteiger charge is 2.31. The van der Waals surface area contributed by atoms with Crippen molar-refractivity contribution < 1.29 is 0 Å². The van der Waals surface area contributed by atoms with Crippen molar-refractivity contribution >= 4 is 33.2 Å². The van der Waals surface area contributed by atoms with Gasteiger partial charge in [0.25, 0.3) is 0 Å². The van der Waals surface area contributed by atoms with Crippen LogP contribution in [0.1, 0.15) is 37.7 Å². The number of piperidine rings is 1. The molecule has 1 aromatic rings. The number of rotatable bonds is 2. The minimum Gasteiger partial charge on any atom is -0.370 e. The summed E-state index contributed by atoms with van der Waals surface area (Å²) in [5.41, 5.74) is 2.48. The molecule has 1 nitrogen and oxygen atoms in total. The number of fused-ring (bicyclic) bond motifs is 1. The molecule has 2 unspecified atom stereocenters. The van der Waals surface area contributed by atoms with E-state index in [1.54, 1.807) is 0 Å². The minimum absolute atomic E-state index is 0.873. The van der Waals surface area contributed by atoms with Crippen LogP contribution >= 0.6 is 27.5 Å². The molecular formula is C16H21BrClN. The Morgan fingerprint density at radius 2 is 1.95 bits per heavy atom. The fourth-order valence-corrected chi connectivity index (χ4v) is 4.38. The van der Waals surface area contributed by atoms with E-state index in [4.69, 9.17) is 11.6 Å². The van der Waals surface area contributed by atoms with Gasteiger partial charge in [0.15, 0.2) is 0 Å². The van der Waals surface area contributed by atoms with Gasteiger partial charge in [0.2, 0.25) is 0 Å². The average molecular weight is 343 g/mol. The number of anilines is 1. The van der Waals surface area contributed by atoms with Gasteiger partial charge in [-0.05, 0) is 42.4 Å². The average Bonchev–Trinajstić information content (AvgIpc) is 2.46. The lowest BCUT2D eigenvalue weighted by molar-refractivity contribution is 0.202. The number of benzene rings is 1. The molecule has 0 N–H and O–H groups in total. The van der Waals surface area contributed by atoms with Gasteiger partial charge in [0.1, 0.15) is 0 Å². The van der Waals surface area contributed by atoms with Crippen molar-refractivity contribution in [3.63, 3.8) is 0 Å². The number of hydrogen-bond donors (Lipinski definition) is 0. The maximum Gasteiger partial charge on any atom is 0.0642 e. The van der Waals surface area contributed by atoms with E-state index in [1.165, 1.54) is 56.4 Å². The van der Waals surface area contributed by atoms with Crippen LogP contribution < -0.4 is 4.90 Å². The van der Waals surface area contributed by atoms with E-state index in [9.17, 15) is 0 Å². The molecule has 3 rings (SSSR count). The molecule has 1 aliphatic heterocycles. The van der Waals surface area contributed by atoms with Crippen molar-refractivity contribution in [3.05, 3.63) is 28.8 Å². The summed E-state index contributed by atoms with van der Waals surface area (Å²) in [6.45, 7) is 2.38. The van der Waals surface area contributed by atoms with E-state index in [-0.39, 0.29) is 0 Å². The van der Waals surface area contributed by atoms with Crippen molar-refractivity contribution in [3.8, 4) is 0 Å². The van der Waals surface area contributed by atoms with Gasteiger partial charge >= 0.3 is 0 Å². The molecule has 0 aromatic heterocycles. The van der Waals surface area contributed by atoms with E-state index >= 15 is 0 Å². The molecule has 104 valence electrons. The van der Waals surface area contributed by atoms with Gasteiger partial charge in [-0.25, -0.2) is 0 Å². The predicted molar refractivity (Wildman–Crippen MR) is 86.4 cm³/mol. The Bertz CT molecular complexity index is 448. The first-order chi connectivity index (χ1) is 9.28. The fourth-order valence-electron chi connectivity index (χ4n) is 3.71. The van der Waals surface area contributed by atoms with Crippen LogP contribution in [0.4, 0.5) is 5.69 Å². The van der Waals surface area contributed by atoms with E-state index < -0.39 is 0 Å². The maximum absolute atomic E-state index is 6.45. The minimum atomic E-state index is 0.873. The molecule has 1 saturated carbocycles. The van der Waals surface area contributed by atoms with Crippen LogP contribution in [0.3, 0.4) is 0 Å². The second-order valence-corrected chi connectivity index (χ2v) is 6.93. The molecule has 1 aromatic carbocycles. The molecule has 1 heterocycles. The summed E-state index contributed by atoms with van der Waals surface area (Å²) >= 11 is 9.94. The van der Waals surface area contributed by atoms with Gasteiger partial charge in [-0.15, -0.1) is 0 Å².